The van der Waals surface area contributed by atoms with Crippen molar-refractivity contribution in [1.82, 2.24) is 9.78 Å². The molecule has 3 N–H and O–H groups in total. The van der Waals surface area contributed by atoms with Crippen LogP contribution < -0.4 is 0 Å². The lowest BCUT2D eigenvalue weighted by Crippen LogP contribution is -2.15. The number of hydrogen-bond donors (Lipinski definition) is 3. The minimum atomic E-state index is -1.18. The summed E-state index contributed by atoms with van der Waals surface area (Å²) in [5.74, 6) is 16.7. The lowest BCUT2D eigenvalue weighted by Gasteiger charge is -2.07. The van der Waals surface area contributed by atoms with Gasteiger partial charge in [0.2, 0.25) is 0 Å². The summed E-state index contributed by atoms with van der Waals surface area (Å²) in [5, 5.41) is 33.7. The summed E-state index contributed by atoms with van der Waals surface area (Å²) >= 11 is 0. The normalized spacial score (nSPS) is 11.6. The van der Waals surface area contributed by atoms with Gasteiger partial charge in [0, 0.05) is 7.05 Å². The Morgan fingerprint density at radius 2 is 1.17 bits per heavy atom. The minimum Gasteiger partial charge on any atom is -0.378 e. The molecule has 0 aliphatic carbocycles. The fraction of sp³-hybridized carbons (Fsp3) is 0.526. The number of aliphatic hydroxyl groups is 3. The molecule has 0 aliphatic rings. The summed E-state index contributed by atoms with van der Waals surface area (Å²) in [6.07, 6.45) is 0. The maximum atomic E-state index is 9.83. The molecule has 0 bridgehead atoms. The highest BCUT2D eigenvalue weighted by molar-refractivity contribution is 5.55. The Kier molecular flexibility index (Phi) is 5.54. The highest BCUT2D eigenvalue weighted by Gasteiger charge is 2.15. The van der Waals surface area contributed by atoms with Crippen molar-refractivity contribution >= 4 is 0 Å². The first kappa shape index (κ1) is 19.8. The number of aromatic nitrogens is 2. The zero-order chi connectivity index (χ0) is 18.8. The minimum absolute atomic E-state index is 0.358. The molecular weight excluding hydrogens is 304 g/mol. The lowest BCUT2D eigenvalue weighted by atomic mass is 10.1. The number of aryl methyl sites for hydroxylation is 1. The van der Waals surface area contributed by atoms with Crippen LogP contribution in [0, 0.1) is 35.5 Å². The topological polar surface area (TPSA) is 78.5 Å². The SMILES string of the molecule is Cn1nc(C#CC(C)(C)O)c(C#CC(C)(C)O)c1C#CC(C)(C)O. The second-order valence-electron chi connectivity index (χ2n) is 7.12. The highest BCUT2D eigenvalue weighted by atomic mass is 16.3. The first-order chi connectivity index (χ1) is 10.7. The van der Waals surface area contributed by atoms with E-state index in [0.29, 0.717) is 17.0 Å². The first-order valence-corrected chi connectivity index (χ1v) is 7.52. The van der Waals surface area contributed by atoms with Crippen LogP contribution in [0.15, 0.2) is 0 Å². The van der Waals surface area contributed by atoms with E-state index in [2.05, 4.69) is 40.6 Å². The second-order valence-corrected chi connectivity index (χ2v) is 7.12. The van der Waals surface area contributed by atoms with Crippen LogP contribution in [0.5, 0.6) is 0 Å². The van der Waals surface area contributed by atoms with Crippen LogP contribution in [0.4, 0.5) is 0 Å². The maximum Gasteiger partial charge on any atom is 0.152 e. The van der Waals surface area contributed by atoms with Gasteiger partial charge in [-0.05, 0) is 53.4 Å². The van der Waals surface area contributed by atoms with Gasteiger partial charge in [-0.1, -0.05) is 23.7 Å². The van der Waals surface area contributed by atoms with E-state index in [0.717, 1.165) is 0 Å². The summed E-state index contributed by atoms with van der Waals surface area (Å²) in [4.78, 5) is 0. The first-order valence-electron chi connectivity index (χ1n) is 7.52. The zero-order valence-corrected chi connectivity index (χ0v) is 15.2. The zero-order valence-electron chi connectivity index (χ0n) is 15.2. The molecule has 0 aromatic carbocycles. The second kappa shape index (κ2) is 6.71. The summed E-state index contributed by atoms with van der Waals surface area (Å²) < 4.78 is 1.52. The molecular formula is C19H24N2O3. The molecule has 5 heteroatoms. The molecule has 1 rings (SSSR count). The van der Waals surface area contributed by atoms with Gasteiger partial charge in [0.1, 0.15) is 22.5 Å². The van der Waals surface area contributed by atoms with Crippen molar-refractivity contribution in [2.24, 2.45) is 7.05 Å². The average molecular weight is 328 g/mol. The van der Waals surface area contributed by atoms with Crippen LogP contribution in [0.25, 0.3) is 0 Å². The molecule has 0 atom stereocenters. The quantitative estimate of drug-likeness (QED) is 0.615. The lowest BCUT2D eigenvalue weighted by molar-refractivity contribution is 0.143. The number of hydrogen-bond acceptors (Lipinski definition) is 4. The van der Waals surface area contributed by atoms with Gasteiger partial charge < -0.3 is 15.3 Å². The van der Waals surface area contributed by atoms with E-state index in [1.165, 1.54) is 4.68 Å². The third kappa shape index (κ3) is 6.90. The molecule has 0 aliphatic heterocycles. The Bertz CT molecular complexity index is 794. The van der Waals surface area contributed by atoms with E-state index in [4.69, 9.17) is 0 Å². The van der Waals surface area contributed by atoms with E-state index in [-0.39, 0.29) is 0 Å². The number of rotatable bonds is 0. The van der Waals surface area contributed by atoms with Gasteiger partial charge in [-0.15, -0.1) is 0 Å². The van der Waals surface area contributed by atoms with Crippen molar-refractivity contribution in [3.05, 3.63) is 17.0 Å². The highest BCUT2D eigenvalue weighted by Crippen LogP contribution is 2.13. The van der Waals surface area contributed by atoms with Crippen molar-refractivity contribution in [3.63, 3.8) is 0 Å². The van der Waals surface area contributed by atoms with Crippen molar-refractivity contribution in [2.45, 2.75) is 58.3 Å². The number of nitrogens with zero attached hydrogens (tertiary/aromatic N) is 2. The summed E-state index contributed by atoms with van der Waals surface area (Å²) in [6, 6.07) is 0. The fourth-order valence-corrected chi connectivity index (χ4v) is 1.51. The van der Waals surface area contributed by atoms with Gasteiger partial charge in [0.25, 0.3) is 0 Å². The molecule has 0 unspecified atom stereocenters. The summed E-state index contributed by atoms with van der Waals surface area (Å²) in [7, 11) is 1.69. The molecule has 1 heterocycles. The monoisotopic (exact) mass is 328 g/mol. The van der Waals surface area contributed by atoms with Crippen LogP contribution in [-0.4, -0.2) is 41.9 Å². The molecule has 1 aromatic rings. The molecule has 0 saturated carbocycles. The average Bonchev–Trinajstić information content (AvgIpc) is 2.64. The summed E-state index contributed by atoms with van der Waals surface area (Å²) in [6.45, 7) is 9.43. The van der Waals surface area contributed by atoms with Crippen LogP contribution in [0.3, 0.4) is 0 Å². The van der Waals surface area contributed by atoms with E-state index in [1.54, 1.807) is 48.6 Å². The van der Waals surface area contributed by atoms with Gasteiger partial charge in [0.05, 0.1) is 5.56 Å². The van der Waals surface area contributed by atoms with Crippen molar-refractivity contribution in [2.75, 3.05) is 0 Å². The van der Waals surface area contributed by atoms with E-state index in [9.17, 15) is 15.3 Å². The maximum absolute atomic E-state index is 9.83. The van der Waals surface area contributed by atoms with E-state index < -0.39 is 16.8 Å². The smallest absolute Gasteiger partial charge is 0.152 e. The van der Waals surface area contributed by atoms with Crippen molar-refractivity contribution < 1.29 is 15.3 Å². The third-order valence-corrected chi connectivity index (χ3v) is 2.51. The van der Waals surface area contributed by atoms with Crippen LogP contribution >= 0.6 is 0 Å². The molecule has 0 amide bonds. The van der Waals surface area contributed by atoms with Gasteiger partial charge in [-0.3, -0.25) is 4.68 Å². The molecule has 0 spiro atoms. The Hall–Kier alpha value is -2.23. The standard InChI is InChI=1S/C19H24N2O3/c1-17(2,22)11-8-14-15(9-12-18(3,4)23)20-21(7)16(14)10-13-19(5,6)24/h22-24H,1-7H3. The molecule has 0 saturated heterocycles. The van der Waals surface area contributed by atoms with Gasteiger partial charge in [-0.25, -0.2) is 0 Å². The third-order valence-electron chi connectivity index (χ3n) is 2.51. The van der Waals surface area contributed by atoms with Crippen LogP contribution in [-0.2, 0) is 7.05 Å². The Labute approximate surface area is 143 Å². The predicted octanol–water partition coefficient (Wildman–Crippen LogP) is 0.787. The molecule has 128 valence electrons. The van der Waals surface area contributed by atoms with E-state index in [1.807, 2.05) is 0 Å². The van der Waals surface area contributed by atoms with Crippen LogP contribution in [0.2, 0.25) is 0 Å². The van der Waals surface area contributed by atoms with Gasteiger partial charge >= 0.3 is 0 Å². The van der Waals surface area contributed by atoms with Crippen molar-refractivity contribution in [1.29, 1.82) is 0 Å². The summed E-state index contributed by atoms with van der Waals surface area (Å²) in [5.41, 5.74) is -2.22. The predicted molar refractivity (Wildman–Crippen MR) is 92.7 cm³/mol. The van der Waals surface area contributed by atoms with Gasteiger partial charge in [-0.2, -0.15) is 5.10 Å². The molecule has 0 fully saturated rings. The van der Waals surface area contributed by atoms with Crippen molar-refractivity contribution in [3.8, 4) is 35.5 Å². The van der Waals surface area contributed by atoms with Crippen LogP contribution in [0.1, 0.15) is 58.5 Å². The molecule has 1 aromatic heterocycles. The fourth-order valence-electron chi connectivity index (χ4n) is 1.51. The molecule has 5 nitrogen and oxygen atoms in total. The largest absolute Gasteiger partial charge is 0.378 e. The molecule has 0 radical (unpaired) electrons. The Morgan fingerprint density at radius 1 is 0.750 bits per heavy atom. The Morgan fingerprint density at radius 3 is 1.62 bits per heavy atom. The molecule has 24 heavy (non-hydrogen) atoms. The Balaban J connectivity index is 3.57. The van der Waals surface area contributed by atoms with E-state index >= 15 is 0 Å². The van der Waals surface area contributed by atoms with Gasteiger partial charge in [0.15, 0.2) is 5.69 Å².